The van der Waals surface area contributed by atoms with Crippen LogP contribution in [0.4, 0.5) is 5.82 Å². The number of amides is 1. The number of aromatic nitrogens is 8. The molecule has 0 unspecified atom stereocenters. The lowest BCUT2D eigenvalue weighted by Crippen LogP contribution is -2.29. The fourth-order valence-corrected chi connectivity index (χ4v) is 2.96. The average molecular weight is 404 g/mol. The molecular weight excluding hydrogens is 384 g/mol. The molecule has 0 radical (unpaired) electrons. The van der Waals surface area contributed by atoms with Crippen molar-refractivity contribution in [2.45, 2.75) is 13.8 Å². The van der Waals surface area contributed by atoms with E-state index >= 15 is 0 Å². The summed E-state index contributed by atoms with van der Waals surface area (Å²) in [5.74, 6) is 1.15. The molecule has 4 rings (SSSR count). The van der Waals surface area contributed by atoms with E-state index in [1.807, 2.05) is 32.0 Å². The van der Waals surface area contributed by atoms with Gasteiger partial charge in [-0.25, -0.2) is 19.3 Å². The number of carbonyl (C=O) groups excluding carboxylic acids is 1. The first-order chi connectivity index (χ1) is 14.6. The maximum atomic E-state index is 12.4. The molecule has 3 aromatic heterocycles. The second-order valence-electron chi connectivity index (χ2n) is 6.59. The van der Waals surface area contributed by atoms with E-state index in [-0.39, 0.29) is 5.91 Å². The Morgan fingerprint density at radius 2 is 2.00 bits per heavy atom. The van der Waals surface area contributed by atoms with E-state index in [1.54, 1.807) is 22.9 Å². The summed E-state index contributed by atoms with van der Waals surface area (Å²) in [7, 11) is 0. The van der Waals surface area contributed by atoms with Gasteiger partial charge < -0.3 is 10.6 Å². The number of rotatable bonds is 7. The lowest BCUT2D eigenvalue weighted by atomic mass is 10.2. The Hall–Kier alpha value is -4.15. The van der Waals surface area contributed by atoms with Crippen LogP contribution in [0.3, 0.4) is 0 Å². The van der Waals surface area contributed by atoms with Gasteiger partial charge in [-0.15, -0.1) is 5.10 Å². The lowest BCUT2D eigenvalue weighted by molar-refractivity contribution is 0.0955. The maximum absolute atomic E-state index is 12.4. The molecule has 1 aromatic carbocycles. The van der Waals surface area contributed by atoms with Gasteiger partial charge in [0.25, 0.3) is 5.91 Å². The molecule has 0 bridgehead atoms. The summed E-state index contributed by atoms with van der Waals surface area (Å²) < 4.78 is 3.26. The van der Waals surface area contributed by atoms with Gasteiger partial charge in [-0.2, -0.15) is 5.10 Å². The van der Waals surface area contributed by atoms with Gasteiger partial charge in [0.2, 0.25) is 0 Å². The van der Waals surface area contributed by atoms with Crippen LogP contribution in [0.2, 0.25) is 0 Å². The van der Waals surface area contributed by atoms with Crippen molar-refractivity contribution >= 4 is 11.7 Å². The summed E-state index contributed by atoms with van der Waals surface area (Å²) in [5.41, 5.74) is 3.15. The van der Waals surface area contributed by atoms with Crippen molar-refractivity contribution in [1.29, 1.82) is 0 Å². The molecule has 0 aliphatic rings. The molecule has 3 heterocycles. The number of hydrogen-bond acceptors (Lipinski definition) is 8. The number of carbonyl (C=O) groups is 1. The van der Waals surface area contributed by atoms with Gasteiger partial charge in [0.15, 0.2) is 5.82 Å². The van der Waals surface area contributed by atoms with Crippen LogP contribution < -0.4 is 10.6 Å². The maximum Gasteiger partial charge on any atom is 0.251 e. The van der Waals surface area contributed by atoms with E-state index in [0.29, 0.717) is 36.0 Å². The van der Waals surface area contributed by atoms with Crippen molar-refractivity contribution in [3.8, 4) is 11.5 Å². The molecule has 11 nitrogen and oxygen atoms in total. The van der Waals surface area contributed by atoms with E-state index in [0.717, 1.165) is 11.4 Å². The Kier molecular flexibility index (Phi) is 5.42. The molecule has 0 aliphatic carbocycles. The Bertz CT molecular complexity index is 1150. The van der Waals surface area contributed by atoms with E-state index in [2.05, 4.69) is 41.2 Å². The lowest BCUT2D eigenvalue weighted by Gasteiger charge is -2.09. The Labute approximate surface area is 172 Å². The first kappa shape index (κ1) is 19.2. The van der Waals surface area contributed by atoms with E-state index in [9.17, 15) is 4.79 Å². The number of tetrazole rings is 1. The van der Waals surface area contributed by atoms with Crippen LogP contribution in [0.15, 0.2) is 49.1 Å². The normalized spacial score (nSPS) is 10.7. The highest BCUT2D eigenvalue weighted by Gasteiger charge is 2.08. The third-order valence-corrected chi connectivity index (χ3v) is 4.32. The van der Waals surface area contributed by atoms with Crippen molar-refractivity contribution in [1.82, 2.24) is 45.3 Å². The number of hydrogen-bond donors (Lipinski definition) is 2. The van der Waals surface area contributed by atoms with Crippen LogP contribution in [-0.4, -0.2) is 59.0 Å². The summed E-state index contributed by atoms with van der Waals surface area (Å²) in [6.45, 7) is 4.84. The van der Waals surface area contributed by atoms with Crippen LogP contribution in [-0.2, 0) is 0 Å². The summed E-state index contributed by atoms with van der Waals surface area (Å²) in [5, 5.41) is 21.5. The highest BCUT2D eigenvalue weighted by molar-refractivity contribution is 5.94. The molecule has 0 aliphatic heterocycles. The summed E-state index contributed by atoms with van der Waals surface area (Å²) in [4.78, 5) is 20.9. The van der Waals surface area contributed by atoms with Crippen LogP contribution in [0.5, 0.6) is 0 Å². The molecule has 4 aromatic rings. The zero-order chi connectivity index (χ0) is 20.9. The van der Waals surface area contributed by atoms with Gasteiger partial charge >= 0.3 is 0 Å². The number of nitrogens with zero attached hydrogens (tertiary/aromatic N) is 8. The molecule has 0 atom stereocenters. The molecule has 152 valence electrons. The van der Waals surface area contributed by atoms with Gasteiger partial charge in [0.05, 0.1) is 11.4 Å². The number of anilines is 1. The monoisotopic (exact) mass is 404 g/mol. The van der Waals surface area contributed by atoms with Crippen LogP contribution in [0, 0.1) is 13.8 Å². The van der Waals surface area contributed by atoms with Gasteiger partial charge in [0.1, 0.15) is 18.5 Å². The number of benzene rings is 1. The first-order valence-corrected chi connectivity index (χ1v) is 9.31. The standard InChI is InChI=1S/C19H20N10O/c1-13-8-14(2)29(25-13)18-10-17(22-11-23-18)20-6-7-21-19(30)15-4-3-5-16(9-15)28-12-24-26-27-28/h3-5,8-12H,6-7H2,1-2H3,(H,21,30)(H,20,22,23). The van der Waals surface area contributed by atoms with E-state index < -0.39 is 0 Å². The molecule has 0 saturated heterocycles. The van der Waals surface area contributed by atoms with Gasteiger partial charge in [0, 0.05) is 30.4 Å². The Balaban J connectivity index is 1.32. The number of nitrogens with one attached hydrogen (secondary N) is 2. The minimum absolute atomic E-state index is 0.183. The first-order valence-electron chi connectivity index (χ1n) is 9.31. The van der Waals surface area contributed by atoms with Gasteiger partial charge in [-0.05, 0) is 48.5 Å². The molecule has 2 N–H and O–H groups in total. The van der Waals surface area contributed by atoms with Crippen LogP contribution in [0.1, 0.15) is 21.7 Å². The molecule has 0 fully saturated rings. The van der Waals surface area contributed by atoms with Crippen molar-refractivity contribution in [3.05, 3.63) is 66.0 Å². The van der Waals surface area contributed by atoms with Crippen LogP contribution in [0.25, 0.3) is 11.5 Å². The minimum Gasteiger partial charge on any atom is -0.368 e. The minimum atomic E-state index is -0.183. The summed E-state index contributed by atoms with van der Waals surface area (Å²) >= 11 is 0. The zero-order valence-corrected chi connectivity index (χ0v) is 16.5. The van der Waals surface area contributed by atoms with Crippen molar-refractivity contribution < 1.29 is 4.79 Å². The van der Waals surface area contributed by atoms with Crippen molar-refractivity contribution in [2.75, 3.05) is 18.4 Å². The highest BCUT2D eigenvalue weighted by atomic mass is 16.1. The topological polar surface area (TPSA) is 128 Å². The van der Waals surface area contributed by atoms with Crippen molar-refractivity contribution in [3.63, 3.8) is 0 Å². The summed E-state index contributed by atoms with van der Waals surface area (Å²) in [6, 6.07) is 10.9. The van der Waals surface area contributed by atoms with Crippen molar-refractivity contribution in [2.24, 2.45) is 0 Å². The molecule has 30 heavy (non-hydrogen) atoms. The Morgan fingerprint density at radius 1 is 1.10 bits per heavy atom. The predicted octanol–water partition coefficient (Wildman–Crippen LogP) is 1.10. The largest absolute Gasteiger partial charge is 0.368 e. The fourth-order valence-electron chi connectivity index (χ4n) is 2.96. The molecule has 0 spiro atoms. The quantitative estimate of drug-likeness (QED) is 0.438. The fraction of sp³-hybridized carbons (Fsp3) is 0.211. The molecule has 11 heteroatoms. The average Bonchev–Trinajstić information content (AvgIpc) is 3.41. The highest BCUT2D eigenvalue weighted by Crippen LogP contribution is 2.12. The molecule has 0 saturated carbocycles. The second kappa shape index (κ2) is 8.47. The third kappa shape index (κ3) is 4.29. The molecular formula is C19H20N10O. The second-order valence-corrected chi connectivity index (χ2v) is 6.59. The summed E-state index contributed by atoms with van der Waals surface area (Å²) in [6.07, 6.45) is 2.96. The van der Waals surface area contributed by atoms with Gasteiger partial charge in [-0.1, -0.05) is 6.07 Å². The van der Waals surface area contributed by atoms with Gasteiger partial charge in [-0.3, -0.25) is 4.79 Å². The molecule has 1 amide bonds. The Morgan fingerprint density at radius 3 is 2.77 bits per heavy atom. The SMILES string of the molecule is Cc1cc(C)n(-c2cc(NCCNC(=O)c3cccc(-n4cnnn4)c3)ncn2)n1. The van der Waals surface area contributed by atoms with Crippen LogP contribution >= 0.6 is 0 Å². The van der Waals surface area contributed by atoms with E-state index in [1.165, 1.54) is 17.3 Å². The predicted molar refractivity (Wildman–Crippen MR) is 109 cm³/mol. The van der Waals surface area contributed by atoms with E-state index in [4.69, 9.17) is 0 Å². The number of aryl methyl sites for hydroxylation is 2. The zero-order valence-electron chi connectivity index (χ0n) is 16.5. The smallest absolute Gasteiger partial charge is 0.251 e. The third-order valence-electron chi connectivity index (χ3n) is 4.32.